The summed E-state index contributed by atoms with van der Waals surface area (Å²) in [7, 11) is 0. The summed E-state index contributed by atoms with van der Waals surface area (Å²) in [5.74, 6) is -0.752. The van der Waals surface area contributed by atoms with E-state index in [4.69, 9.17) is 0 Å². The molecular weight excluding hydrogens is 203 g/mol. The fourth-order valence-corrected chi connectivity index (χ4v) is 1.60. The van der Waals surface area contributed by atoms with Gasteiger partial charge in [0.2, 0.25) is 0 Å². The standard InChI is InChI=1S/C14H21FO/c1-13(2,3)9-7-10(14(4,5)6)12(16)11(15)8-9/h7-8,16H,1-6H3. The second-order valence-corrected chi connectivity index (χ2v) is 6.35. The summed E-state index contributed by atoms with van der Waals surface area (Å²) in [6.07, 6.45) is 0. The summed E-state index contributed by atoms with van der Waals surface area (Å²) in [6.45, 7) is 12.0. The van der Waals surface area contributed by atoms with Crippen molar-refractivity contribution in [1.29, 1.82) is 0 Å². The highest BCUT2D eigenvalue weighted by molar-refractivity contribution is 5.43. The zero-order valence-electron chi connectivity index (χ0n) is 11.0. The first-order valence-electron chi connectivity index (χ1n) is 5.57. The molecule has 90 valence electrons. The van der Waals surface area contributed by atoms with Crippen molar-refractivity contribution in [2.24, 2.45) is 0 Å². The Labute approximate surface area is 97.3 Å². The van der Waals surface area contributed by atoms with Crippen LogP contribution in [0.25, 0.3) is 0 Å². The van der Waals surface area contributed by atoms with Crippen LogP contribution in [0.4, 0.5) is 4.39 Å². The predicted molar refractivity (Wildman–Crippen MR) is 65.5 cm³/mol. The van der Waals surface area contributed by atoms with Gasteiger partial charge in [0.1, 0.15) is 0 Å². The van der Waals surface area contributed by atoms with Crippen LogP contribution in [-0.2, 0) is 10.8 Å². The molecule has 0 aliphatic heterocycles. The minimum Gasteiger partial charge on any atom is -0.505 e. The summed E-state index contributed by atoms with van der Waals surface area (Å²) < 4.78 is 13.7. The van der Waals surface area contributed by atoms with E-state index in [1.54, 1.807) is 0 Å². The monoisotopic (exact) mass is 224 g/mol. The Kier molecular flexibility index (Phi) is 3.06. The van der Waals surface area contributed by atoms with Crippen molar-refractivity contribution in [2.45, 2.75) is 52.4 Å². The molecule has 1 aromatic carbocycles. The maximum Gasteiger partial charge on any atom is 0.165 e. The fourth-order valence-electron chi connectivity index (χ4n) is 1.60. The van der Waals surface area contributed by atoms with E-state index < -0.39 is 5.82 Å². The lowest BCUT2D eigenvalue weighted by Gasteiger charge is -2.26. The van der Waals surface area contributed by atoms with Crippen molar-refractivity contribution in [3.8, 4) is 5.75 Å². The number of halogens is 1. The quantitative estimate of drug-likeness (QED) is 0.702. The second-order valence-electron chi connectivity index (χ2n) is 6.35. The molecule has 0 saturated carbocycles. The molecule has 0 amide bonds. The van der Waals surface area contributed by atoms with Crippen LogP contribution in [0, 0.1) is 5.82 Å². The van der Waals surface area contributed by atoms with Gasteiger partial charge in [-0.2, -0.15) is 0 Å². The molecule has 0 aromatic heterocycles. The van der Waals surface area contributed by atoms with Crippen molar-refractivity contribution in [3.63, 3.8) is 0 Å². The first-order chi connectivity index (χ1) is 7.03. The number of phenolic OH excluding ortho intramolecular Hbond substituents is 1. The van der Waals surface area contributed by atoms with E-state index in [1.807, 2.05) is 47.6 Å². The van der Waals surface area contributed by atoms with E-state index in [1.165, 1.54) is 6.07 Å². The molecule has 0 bridgehead atoms. The van der Waals surface area contributed by atoms with Gasteiger partial charge in [0.15, 0.2) is 11.6 Å². The molecule has 0 fully saturated rings. The molecule has 0 atom stereocenters. The fraction of sp³-hybridized carbons (Fsp3) is 0.571. The lowest BCUT2D eigenvalue weighted by Crippen LogP contribution is -2.17. The van der Waals surface area contributed by atoms with Gasteiger partial charge in [-0.05, 0) is 22.5 Å². The van der Waals surface area contributed by atoms with Crippen LogP contribution in [0.5, 0.6) is 5.75 Å². The van der Waals surface area contributed by atoms with Crippen LogP contribution in [-0.4, -0.2) is 5.11 Å². The van der Waals surface area contributed by atoms with Crippen LogP contribution >= 0.6 is 0 Å². The number of hydrogen-bond donors (Lipinski definition) is 1. The summed E-state index contributed by atoms with van der Waals surface area (Å²) in [6, 6.07) is 3.32. The zero-order valence-corrected chi connectivity index (χ0v) is 11.0. The van der Waals surface area contributed by atoms with Crippen LogP contribution in [0.15, 0.2) is 12.1 Å². The second kappa shape index (κ2) is 3.76. The van der Waals surface area contributed by atoms with Gasteiger partial charge in [-0.3, -0.25) is 0 Å². The predicted octanol–water partition coefficient (Wildman–Crippen LogP) is 4.13. The van der Waals surface area contributed by atoms with E-state index in [-0.39, 0.29) is 16.6 Å². The van der Waals surface area contributed by atoms with Crippen LogP contribution in [0.1, 0.15) is 52.7 Å². The summed E-state index contributed by atoms with van der Waals surface area (Å²) in [5.41, 5.74) is 1.20. The maximum absolute atomic E-state index is 13.7. The highest BCUT2D eigenvalue weighted by Gasteiger charge is 2.24. The van der Waals surface area contributed by atoms with Crippen molar-refractivity contribution in [3.05, 3.63) is 29.1 Å². The van der Waals surface area contributed by atoms with E-state index >= 15 is 0 Å². The highest BCUT2D eigenvalue weighted by atomic mass is 19.1. The average molecular weight is 224 g/mol. The molecule has 16 heavy (non-hydrogen) atoms. The summed E-state index contributed by atoms with van der Waals surface area (Å²) >= 11 is 0. The Balaban J connectivity index is 3.46. The molecule has 0 unspecified atom stereocenters. The van der Waals surface area contributed by atoms with Gasteiger partial charge in [-0.1, -0.05) is 47.6 Å². The van der Waals surface area contributed by atoms with Crippen molar-refractivity contribution in [2.75, 3.05) is 0 Å². The van der Waals surface area contributed by atoms with E-state index in [9.17, 15) is 9.50 Å². The average Bonchev–Trinajstić information content (AvgIpc) is 2.05. The molecular formula is C14H21FO. The lowest BCUT2D eigenvalue weighted by molar-refractivity contribution is 0.406. The molecule has 0 spiro atoms. The number of benzene rings is 1. The van der Waals surface area contributed by atoms with Gasteiger partial charge in [-0.25, -0.2) is 4.39 Å². The maximum atomic E-state index is 13.7. The van der Waals surface area contributed by atoms with Crippen LogP contribution in [0.3, 0.4) is 0 Å². The molecule has 1 nitrogen and oxygen atoms in total. The largest absolute Gasteiger partial charge is 0.505 e. The number of hydrogen-bond acceptors (Lipinski definition) is 1. The molecule has 0 saturated heterocycles. The van der Waals surface area contributed by atoms with E-state index in [2.05, 4.69) is 0 Å². The SMILES string of the molecule is CC(C)(C)c1cc(F)c(O)c(C(C)(C)C)c1. The van der Waals surface area contributed by atoms with Gasteiger partial charge < -0.3 is 5.11 Å². The Morgan fingerprint density at radius 1 is 0.938 bits per heavy atom. The van der Waals surface area contributed by atoms with Crippen LogP contribution < -0.4 is 0 Å². The van der Waals surface area contributed by atoms with Crippen molar-refractivity contribution >= 4 is 0 Å². The minimum atomic E-state index is -0.530. The van der Waals surface area contributed by atoms with Gasteiger partial charge in [0, 0.05) is 5.56 Å². The Morgan fingerprint density at radius 3 is 1.81 bits per heavy atom. The topological polar surface area (TPSA) is 20.2 Å². The molecule has 0 heterocycles. The van der Waals surface area contributed by atoms with Crippen molar-refractivity contribution < 1.29 is 9.50 Å². The lowest BCUT2D eigenvalue weighted by atomic mass is 9.80. The third-order valence-corrected chi connectivity index (χ3v) is 2.74. The Morgan fingerprint density at radius 2 is 1.44 bits per heavy atom. The number of phenols is 1. The van der Waals surface area contributed by atoms with E-state index in [0.29, 0.717) is 5.56 Å². The van der Waals surface area contributed by atoms with E-state index in [0.717, 1.165) is 5.56 Å². The minimum absolute atomic E-state index is 0.117. The molecule has 2 heteroatoms. The number of aromatic hydroxyl groups is 1. The zero-order chi connectivity index (χ0) is 12.7. The smallest absolute Gasteiger partial charge is 0.165 e. The molecule has 0 radical (unpaired) electrons. The molecule has 0 aliphatic carbocycles. The highest BCUT2D eigenvalue weighted by Crippen LogP contribution is 2.36. The van der Waals surface area contributed by atoms with Gasteiger partial charge >= 0.3 is 0 Å². The Bertz CT molecular complexity index is 394. The summed E-state index contributed by atoms with van der Waals surface area (Å²) in [4.78, 5) is 0. The van der Waals surface area contributed by atoms with Crippen molar-refractivity contribution in [1.82, 2.24) is 0 Å². The molecule has 1 aromatic rings. The number of rotatable bonds is 0. The third-order valence-electron chi connectivity index (χ3n) is 2.74. The molecule has 1 rings (SSSR count). The molecule has 1 N–H and O–H groups in total. The molecule has 0 aliphatic rings. The first-order valence-corrected chi connectivity index (χ1v) is 5.57. The van der Waals surface area contributed by atoms with Gasteiger partial charge in [0.05, 0.1) is 0 Å². The third kappa shape index (κ3) is 2.55. The Hall–Kier alpha value is -1.05. The first kappa shape index (κ1) is 13.0. The van der Waals surface area contributed by atoms with Gasteiger partial charge in [0.25, 0.3) is 0 Å². The normalized spacial score (nSPS) is 12.9. The van der Waals surface area contributed by atoms with Gasteiger partial charge in [-0.15, -0.1) is 0 Å². The van der Waals surface area contributed by atoms with Crippen LogP contribution in [0.2, 0.25) is 0 Å². The summed E-state index contributed by atoms with van der Waals surface area (Å²) in [5, 5.41) is 9.75.